The second-order valence-electron chi connectivity index (χ2n) is 8.26. The molecule has 6 nitrogen and oxygen atoms in total. The third-order valence-electron chi connectivity index (χ3n) is 6.07. The van der Waals surface area contributed by atoms with Gasteiger partial charge in [0.1, 0.15) is 0 Å². The zero-order valence-electron chi connectivity index (χ0n) is 17.6. The molecule has 0 unspecified atom stereocenters. The first-order valence-electron chi connectivity index (χ1n) is 11.1. The highest BCUT2D eigenvalue weighted by molar-refractivity contribution is 6.30. The first-order valence-corrected chi connectivity index (χ1v) is 11.5. The Balaban J connectivity index is 1.33. The van der Waals surface area contributed by atoms with Crippen molar-refractivity contribution in [1.29, 1.82) is 0 Å². The largest absolute Gasteiger partial charge is 0.352 e. The number of carbonyl (C=O) groups excluding carboxylic acids is 3. The molecular weight excluding hydrogens is 402 g/mol. The summed E-state index contributed by atoms with van der Waals surface area (Å²) in [6, 6.07) is 6.72. The van der Waals surface area contributed by atoms with Gasteiger partial charge in [0.2, 0.25) is 11.8 Å². The first kappa shape index (κ1) is 22.6. The van der Waals surface area contributed by atoms with E-state index >= 15 is 0 Å². The van der Waals surface area contributed by atoms with Crippen molar-refractivity contribution < 1.29 is 14.4 Å². The van der Waals surface area contributed by atoms with Crippen molar-refractivity contribution in [3.05, 3.63) is 34.9 Å². The van der Waals surface area contributed by atoms with Gasteiger partial charge in [0, 0.05) is 55.6 Å². The smallest absolute Gasteiger partial charge is 0.251 e. The summed E-state index contributed by atoms with van der Waals surface area (Å²) in [6.07, 6.45) is 7.18. The van der Waals surface area contributed by atoms with Gasteiger partial charge >= 0.3 is 0 Å². The minimum absolute atomic E-state index is 0.0609. The standard InChI is InChI=1S/C23H32ClN3O3/c24-20-9-7-18(8-10-20)22(29)25-13-5-6-21(28)26-16-11-19(12-17-26)23(30)27-14-3-1-2-4-15-27/h7-10,19H,1-6,11-17H2,(H,25,29). The van der Waals surface area contributed by atoms with Gasteiger partial charge in [-0.05, 0) is 56.4 Å². The maximum Gasteiger partial charge on any atom is 0.251 e. The summed E-state index contributed by atoms with van der Waals surface area (Å²) in [5, 5.41) is 3.43. The number of piperidine rings is 1. The number of nitrogens with zero attached hydrogens (tertiary/aromatic N) is 2. The fraction of sp³-hybridized carbons (Fsp3) is 0.609. The Hall–Kier alpha value is -2.08. The van der Waals surface area contributed by atoms with E-state index in [0.717, 1.165) is 38.8 Å². The van der Waals surface area contributed by atoms with Gasteiger partial charge in [0.15, 0.2) is 0 Å². The van der Waals surface area contributed by atoms with Crippen LogP contribution in [0.5, 0.6) is 0 Å². The van der Waals surface area contributed by atoms with Crippen LogP contribution in [0.3, 0.4) is 0 Å². The van der Waals surface area contributed by atoms with Crippen molar-refractivity contribution in [1.82, 2.24) is 15.1 Å². The Bertz CT molecular complexity index is 722. The fourth-order valence-corrected chi connectivity index (χ4v) is 4.35. The number of benzene rings is 1. The molecular formula is C23H32ClN3O3. The van der Waals surface area contributed by atoms with Crippen molar-refractivity contribution in [2.75, 3.05) is 32.7 Å². The molecule has 2 aliphatic rings. The van der Waals surface area contributed by atoms with Crippen molar-refractivity contribution >= 4 is 29.3 Å². The van der Waals surface area contributed by atoms with Crippen molar-refractivity contribution in [2.45, 2.75) is 51.4 Å². The van der Waals surface area contributed by atoms with E-state index in [9.17, 15) is 14.4 Å². The molecule has 30 heavy (non-hydrogen) atoms. The lowest BCUT2D eigenvalue weighted by molar-refractivity contribution is -0.140. The van der Waals surface area contributed by atoms with Gasteiger partial charge in [-0.1, -0.05) is 24.4 Å². The average Bonchev–Trinajstić information content (AvgIpc) is 3.06. The third kappa shape index (κ3) is 6.46. The molecule has 2 aliphatic heterocycles. The number of hydrogen-bond donors (Lipinski definition) is 1. The molecule has 7 heteroatoms. The number of carbonyl (C=O) groups is 3. The number of amides is 3. The van der Waals surface area contributed by atoms with Crippen LogP contribution in [0.1, 0.15) is 61.7 Å². The van der Waals surface area contributed by atoms with Crippen LogP contribution in [-0.4, -0.2) is 60.2 Å². The van der Waals surface area contributed by atoms with Gasteiger partial charge in [-0.2, -0.15) is 0 Å². The molecule has 3 amide bonds. The molecule has 1 aromatic rings. The highest BCUT2D eigenvalue weighted by Crippen LogP contribution is 2.22. The lowest BCUT2D eigenvalue weighted by Gasteiger charge is -2.34. The van der Waals surface area contributed by atoms with E-state index in [1.807, 2.05) is 9.80 Å². The maximum absolute atomic E-state index is 12.8. The van der Waals surface area contributed by atoms with Crippen LogP contribution in [0, 0.1) is 5.92 Å². The first-order chi connectivity index (χ1) is 14.5. The predicted molar refractivity (Wildman–Crippen MR) is 117 cm³/mol. The molecule has 2 saturated heterocycles. The second kappa shape index (κ2) is 11.3. The Morgan fingerprint density at radius 2 is 1.53 bits per heavy atom. The number of nitrogens with one attached hydrogen (secondary N) is 1. The summed E-state index contributed by atoms with van der Waals surface area (Å²) in [7, 11) is 0. The zero-order chi connectivity index (χ0) is 21.3. The Kier molecular flexibility index (Phi) is 8.55. The van der Waals surface area contributed by atoms with Crippen LogP contribution in [0.25, 0.3) is 0 Å². The molecule has 3 rings (SSSR count). The van der Waals surface area contributed by atoms with Crippen LogP contribution < -0.4 is 5.32 Å². The van der Waals surface area contributed by atoms with Gasteiger partial charge in [-0.15, -0.1) is 0 Å². The number of likely N-dealkylation sites (tertiary alicyclic amines) is 2. The molecule has 0 aromatic heterocycles. The molecule has 0 atom stereocenters. The molecule has 0 radical (unpaired) electrons. The summed E-state index contributed by atoms with van der Waals surface area (Å²) < 4.78 is 0. The van der Waals surface area contributed by atoms with E-state index < -0.39 is 0 Å². The molecule has 2 fully saturated rings. The van der Waals surface area contributed by atoms with E-state index in [-0.39, 0.29) is 23.6 Å². The van der Waals surface area contributed by atoms with E-state index in [4.69, 9.17) is 11.6 Å². The number of hydrogen-bond acceptors (Lipinski definition) is 3. The molecule has 0 saturated carbocycles. The summed E-state index contributed by atoms with van der Waals surface area (Å²) in [6.45, 7) is 3.54. The normalized spacial score (nSPS) is 18.0. The summed E-state index contributed by atoms with van der Waals surface area (Å²) in [5.41, 5.74) is 0.557. The van der Waals surface area contributed by atoms with Gasteiger partial charge in [-0.3, -0.25) is 14.4 Å². The summed E-state index contributed by atoms with van der Waals surface area (Å²) in [5.74, 6) is 0.295. The van der Waals surface area contributed by atoms with Gasteiger partial charge in [0.25, 0.3) is 5.91 Å². The minimum atomic E-state index is -0.160. The number of rotatable bonds is 6. The van der Waals surface area contributed by atoms with Crippen LogP contribution in [0.4, 0.5) is 0 Å². The van der Waals surface area contributed by atoms with Crippen molar-refractivity contribution in [3.63, 3.8) is 0 Å². The van der Waals surface area contributed by atoms with Crippen molar-refractivity contribution in [3.8, 4) is 0 Å². The van der Waals surface area contributed by atoms with Crippen LogP contribution in [0.15, 0.2) is 24.3 Å². The van der Waals surface area contributed by atoms with Crippen LogP contribution >= 0.6 is 11.6 Å². The molecule has 1 N–H and O–H groups in total. The summed E-state index contributed by atoms with van der Waals surface area (Å²) in [4.78, 5) is 41.2. The highest BCUT2D eigenvalue weighted by Gasteiger charge is 2.30. The maximum atomic E-state index is 12.8. The SMILES string of the molecule is O=C(NCCCC(=O)N1CCC(C(=O)N2CCCCCC2)CC1)c1ccc(Cl)cc1. The predicted octanol–water partition coefficient (Wildman–Crippen LogP) is 3.49. The van der Waals surface area contributed by atoms with Crippen LogP contribution in [-0.2, 0) is 9.59 Å². The van der Waals surface area contributed by atoms with Crippen molar-refractivity contribution in [2.24, 2.45) is 5.92 Å². The Morgan fingerprint density at radius 3 is 2.17 bits per heavy atom. The zero-order valence-corrected chi connectivity index (χ0v) is 18.3. The lowest BCUT2D eigenvalue weighted by atomic mass is 9.95. The topological polar surface area (TPSA) is 69.7 Å². The molecule has 1 aromatic carbocycles. The van der Waals surface area contributed by atoms with Gasteiger partial charge in [-0.25, -0.2) is 0 Å². The third-order valence-corrected chi connectivity index (χ3v) is 6.33. The minimum Gasteiger partial charge on any atom is -0.352 e. The highest BCUT2D eigenvalue weighted by atomic mass is 35.5. The molecule has 2 heterocycles. The molecule has 0 spiro atoms. The van der Waals surface area contributed by atoms with E-state index in [0.29, 0.717) is 43.1 Å². The second-order valence-corrected chi connectivity index (χ2v) is 8.70. The van der Waals surface area contributed by atoms with E-state index in [2.05, 4.69) is 5.32 Å². The monoisotopic (exact) mass is 433 g/mol. The molecule has 164 valence electrons. The molecule has 0 bridgehead atoms. The van der Waals surface area contributed by atoms with E-state index in [1.165, 1.54) is 12.8 Å². The van der Waals surface area contributed by atoms with E-state index in [1.54, 1.807) is 24.3 Å². The van der Waals surface area contributed by atoms with Gasteiger partial charge < -0.3 is 15.1 Å². The molecule has 0 aliphatic carbocycles. The summed E-state index contributed by atoms with van der Waals surface area (Å²) >= 11 is 5.83. The lowest BCUT2D eigenvalue weighted by Crippen LogP contribution is -2.44. The fourth-order valence-electron chi connectivity index (χ4n) is 4.23. The van der Waals surface area contributed by atoms with Gasteiger partial charge in [0.05, 0.1) is 0 Å². The van der Waals surface area contributed by atoms with Crippen LogP contribution in [0.2, 0.25) is 5.02 Å². The quantitative estimate of drug-likeness (QED) is 0.698. The number of halogens is 1. The Labute approximate surface area is 183 Å². The Morgan fingerprint density at radius 1 is 0.900 bits per heavy atom. The average molecular weight is 434 g/mol.